The molecule has 2 amide bonds. The van der Waals surface area contributed by atoms with Crippen LogP contribution in [-0.4, -0.2) is 43.8 Å². The number of hydrogen-bond donors (Lipinski definition) is 1. The standard InChI is InChI=1S/C35H37ClFN3O4S/c1-4-26(3)38-35(42)33(21-27-11-7-5-8-12-27)39(23-28-16-19-30(37)20-17-28)34(41)24-40(32-22-29(36)18-15-25(32)2)45(43,44)31-13-9-6-10-14-31/h5-20,22,26,33H,4,21,23-24H2,1-3H3,(H,38,42)/t26-,33+/m1/s1. The zero-order valence-corrected chi connectivity index (χ0v) is 27.1. The molecule has 0 radical (unpaired) electrons. The highest BCUT2D eigenvalue weighted by atomic mass is 35.5. The Balaban J connectivity index is 1.83. The van der Waals surface area contributed by atoms with Crippen LogP contribution in [0.4, 0.5) is 10.1 Å². The molecule has 0 bridgehead atoms. The van der Waals surface area contributed by atoms with E-state index in [0.29, 0.717) is 22.6 Å². The van der Waals surface area contributed by atoms with Gasteiger partial charge in [0.1, 0.15) is 18.4 Å². The molecular weight excluding hydrogens is 613 g/mol. The summed E-state index contributed by atoms with van der Waals surface area (Å²) in [6.45, 7) is 4.88. The van der Waals surface area contributed by atoms with Crippen LogP contribution in [0.3, 0.4) is 0 Å². The summed E-state index contributed by atoms with van der Waals surface area (Å²) in [5, 5.41) is 3.30. The van der Waals surface area contributed by atoms with Gasteiger partial charge in [0.25, 0.3) is 10.0 Å². The van der Waals surface area contributed by atoms with Crippen LogP contribution in [0.5, 0.6) is 0 Å². The maximum Gasteiger partial charge on any atom is 0.264 e. The second-order valence-electron chi connectivity index (χ2n) is 10.9. The molecule has 0 spiro atoms. The summed E-state index contributed by atoms with van der Waals surface area (Å²) < 4.78 is 43.1. The smallest absolute Gasteiger partial charge is 0.264 e. The van der Waals surface area contributed by atoms with Crippen molar-refractivity contribution in [3.8, 4) is 0 Å². The Morgan fingerprint density at radius 3 is 2.13 bits per heavy atom. The van der Waals surface area contributed by atoms with E-state index in [2.05, 4.69) is 5.32 Å². The molecule has 0 saturated heterocycles. The molecule has 2 atom stereocenters. The highest BCUT2D eigenvalue weighted by Gasteiger charge is 2.35. The summed E-state index contributed by atoms with van der Waals surface area (Å²) in [6.07, 6.45) is 0.852. The molecule has 0 heterocycles. The molecule has 0 aromatic heterocycles. The SMILES string of the molecule is CC[C@@H](C)NC(=O)[C@H](Cc1ccccc1)N(Cc1ccc(F)cc1)C(=O)CN(c1cc(Cl)ccc1C)S(=O)(=O)c1ccccc1. The van der Waals surface area contributed by atoms with Gasteiger partial charge in [-0.2, -0.15) is 0 Å². The molecule has 10 heteroatoms. The topological polar surface area (TPSA) is 86.8 Å². The number of carbonyl (C=O) groups is 2. The van der Waals surface area contributed by atoms with Crippen LogP contribution in [-0.2, 0) is 32.6 Å². The van der Waals surface area contributed by atoms with Gasteiger partial charge in [-0.05, 0) is 73.4 Å². The first-order valence-corrected chi connectivity index (χ1v) is 16.5. The fourth-order valence-corrected chi connectivity index (χ4v) is 6.52. The van der Waals surface area contributed by atoms with Crippen molar-refractivity contribution in [2.75, 3.05) is 10.8 Å². The van der Waals surface area contributed by atoms with Crippen molar-refractivity contribution in [2.45, 2.75) is 57.1 Å². The normalized spacial score (nSPS) is 12.6. The molecule has 236 valence electrons. The molecule has 0 saturated carbocycles. The number of nitrogens with one attached hydrogen (secondary N) is 1. The lowest BCUT2D eigenvalue weighted by Crippen LogP contribution is -2.54. The molecule has 0 aliphatic heterocycles. The third-order valence-electron chi connectivity index (χ3n) is 7.59. The van der Waals surface area contributed by atoms with E-state index in [4.69, 9.17) is 11.6 Å². The van der Waals surface area contributed by atoms with E-state index in [0.717, 1.165) is 9.87 Å². The largest absolute Gasteiger partial charge is 0.352 e. The van der Waals surface area contributed by atoms with Crippen molar-refractivity contribution in [1.29, 1.82) is 0 Å². The van der Waals surface area contributed by atoms with Crippen LogP contribution in [0, 0.1) is 12.7 Å². The Kier molecular flexibility index (Phi) is 11.4. The van der Waals surface area contributed by atoms with E-state index in [1.165, 1.54) is 35.2 Å². The Morgan fingerprint density at radius 1 is 0.889 bits per heavy atom. The molecule has 0 aliphatic carbocycles. The van der Waals surface area contributed by atoms with E-state index in [9.17, 15) is 22.4 Å². The first-order valence-electron chi connectivity index (χ1n) is 14.7. The Morgan fingerprint density at radius 2 is 1.51 bits per heavy atom. The summed E-state index contributed by atoms with van der Waals surface area (Å²) >= 11 is 6.32. The summed E-state index contributed by atoms with van der Waals surface area (Å²) in [6, 6.07) is 26.4. The lowest BCUT2D eigenvalue weighted by molar-refractivity contribution is -0.140. The van der Waals surface area contributed by atoms with E-state index in [1.807, 2.05) is 44.2 Å². The van der Waals surface area contributed by atoms with E-state index in [1.54, 1.807) is 49.4 Å². The van der Waals surface area contributed by atoms with Crippen LogP contribution in [0.15, 0.2) is 108 Å². The number of aryl methyl sites for hydroxylation is 1. The monoisotopic (exact) mass is 649 g/mol. The van der Waals surface area contributed by atoms with Crippen molar-refractivity contribution in [1.82, 2.24) is 10.2 Å². The maximum absolute atomic E-state index is 14.5. The predicted octanol–water partition coefficient (Wildman–Crippen LogP) is 6.54. The van der Waals surface area contributed by atoms with Crippen LogP contribution < -0.4 is 9.62 Å². The summed E-state index contributed by atoms with van der Waals surface area (Å²) in [7, 11) is -4.25. The van der Waals surface area contributed by atoms with Gasteiger partial charge in [-0.3, -0.25) is 13.9 Å². The van der Waals surface area contributed by atoms with Gasteiger partial charge >= 0.3 is 0 Å². The van der Waals surface area contributed by atoms with E-state index >= 15 is 0 Å². The number of sulfonamides is 1. The molecule has 4 aromatic rings. The molecule has 4 aromatic carbocycles. The van der Waals surface area contributed by atoms with Gasteiger partial charge in [0.05, 0.1) is 10.6 Å². The summed E-state index contributed by atoms with van der Waals surface area (Å²) in [5.74, 6) is -1.43. The Labute approximate surface area is 269 Å². The van der Waals surface area contributed by atoms with E-state index < -0.39 is 34.3 Å². The second-order valence-corrected chi connectivity index (χ2v) is 13.2. The minimum atomic E-state index is -4.25. The second kappa shape index (κ2) is 15.2. The number of amides is 2. The average molecular weight is 650 g/mol. The fourth-order valence-electron chi connectivity index (χ4n) is 4.87. The molecular formula is C35H37ClFN3O4S. The predicted molar refractivity (Wildman–Crippen MR) is 176 cm³/mol. The zero-order chi connectivity index (χ0) is 32.6. The average Bonchev–Trinajstić information content (AvgIpc) is 3.04. The first-order chi connectivity index (χ1) is 21.5. The van der Waals surface area contributed by atoms with E-state index in [-0.39, 0.29) is 35.5 Å². The third-order valence-corrected chi connectivity index (χ3v) is 9.60. The van der Waals surface area contributed by atoms with Gasteiger partial charge in [0, 0.05) is 24.0 Å². The number of hydrogen-bond acceptors (Lipinski definition) is 4. The van der Waals surface area contributed by atoms with Gasteiger partial charge in [0.15, 0.2) is 0 Å². The van der Waals surface area contributed by atoms with Crippen molar-refractivity contribution in [3.05, 3.63) is 131 Å². The minimum absolute atomic E-state index is 0.00221. The lowest BCUT2D eigenvalue weighted by Gasteiger charge is -2.34. The molecule has 7 nitrogen and oxygen atoms in total. The quantitative estimate of drug-likeness (QED) is 0.178. The Bertz CT molecular complexity index is 1700. The number of benzene rings is 4. The number of anilines is 1. The highest BCUT2D eigenvalue weighted by Crippen LogP contribution is 2.30. The van der Waals surface area contributed by atoms with Crippen LogP contribution in [0.25, 0.3) is 0 Å². The molecule has 1 N–H and O–H groups in total. The highest BCUT2D eigenvalue weighted by molar-refractivity contribution is 7.92. The first kappa shape index (κ1) is 33.7. The molecule has 0 unspecified atom stereocenters. The molecule has 4 rings (SSSR count). The number of rotatable bonds is 13. The van der Waals surface area contributed by atoms with Crippen LogP contribution in [0.1, 0.15) is 37.0 Å². The molecule has 0 aliphatic rings. The fraction of sp³-hybridized carbons (Fsp3) is 0.257. The third kappa shape index (κ3) is 8.71. The van der Waals surface area contributed by atoms with Gasteiger partial charge < -0.3 is 10.2 Å². The van der Waals surface area contributed by atoms with Crippen molar-refractivity contribution < 1.29 is 22.4 Å². The number of nitrogens with zero attached hydrogens (tertiary/aromatic N) is 2. The molecule has 45 heavy (non-hydrogen) atoms. The summed E-state index contributed by atoms with van der Waals surface area (Å²) in [5.41, 5.74) is 2.23. The van der Waals surface area contributed by atoms with Gasteiger partial charge in [-0.25, -0.2) is 12.8 Å². The molecule has 0 fully saturated rings. The van der Waals surface area contributed by atoms with Gasteiger partial charge in [-0.1, -0.05) is 85.3 Å². The summed E-state index contributed by atoms with van der Waals surface area (Å²) in [4.78, 5) is 29.7. The minimum Gasteiger partial charge on any atom is -0.352 e. The van der Waals surface area contributed by atoms with Gasteiger partial charge in [0.2, 0.25) is 11.8 Å². The number of halogens is 2. The van der Waals surface area contributed by atoms with Crippen molar-refractivity contribution >= 4 is 39.1 Å². The van der Waals surface area contributed by atoms with Gasteiger partial charge in [-0.15, -0.1) is 0 Å². The van der Waals surface area contributed by atoms with Crippen molar-refractivity contribution in [2.24, 2.45) is 0 Å². The Hall–Kier alpha value is -4.21. The lowest BCUT2D eigenvalue weighted by atomic mass is 10.0. The van der Waals surface area contributed by atoms with Crippen molar-refractivity contribution in [3.63, 3.8) is 0 Å². The van der Waals surface area contributed by atoms with Crippen LogP contribution in [0.2, 0.25) is 5.02 Å². The maximum atomic E-state index is 14.5. The van der Waals surface area contributed by atoms with Crippen LogP contribution >= 0.6 is 11.6 Å². The zero-order valence-electron chi connectivity index (χ0n) is 25.5. The number of carbonyl (C=O) groups excluding carboxylic acids is 2.